The van der Waals surface area contributed by atoms with Crippen LogP contribution in [0.5, 0.6) is 11.5 Å². The first-order valence-corrected chi connectivity index (χ1v) is 14.4. The van der Waals surface area contributed by atoms with Gasteiger partial charge in [-0.3, -0.25) is 14.4 Å². The Hall–Kier alpha value is -4.37. The number of likely N-dealkylation sites (tertiary alicyclic amines) is 1. The van der Waals surface area contributed by atoms with Gasteiger partial charge in [0, 0.05) is 49.8 Å². The molecule has 9 nitrogen and oxygen atoms in total. The van der Waals surface area contributed by atoms with Gasteiger partial charge in [-0.25, -0.2) is 0 Å². The van der Waals surface area contributed by atoms with Gasteiger partial charge in [0.2, 0.25) is 11.8 Å². The van der Waals surface area contributed by atoms with Crippen molar-refractivity contribution in [3.63, 3.8) is 0 Å². The molecule has 1 aliphatic rings. The fraction of sp³-hybridized carbons (Fsp3) is 0.364. The summed E-state index contributed by atoms with van der Waals surface area (Å²) in [5, 5.41) is 8.76. The standard InChI is InChI=1S/C33H40N4O5/c1-4-42-29-19-28(41-3)16-15-26(29)20-35-21-30(38)37-17-9-14-27(22-37)24-12-8-13-25(18-24)32(39)36-31(33(40)34-2)23-10-6-5-7-11-23/h5-8,10-13,15-16,18-19,27,31,35H,4,9,14,17,20-22H2,1-3H3,(H,34,40)(H,36,39)/t27?,31-/m0/s1. The predicted molar refractivity (Wildman–Crippen MR) is 162 cm³/mol. The van der Waals surface area contributed by atoms with Crippen LogP contribution in [0.25, 0.3) is 0 Å². The molecule has 0 saturated carbocycles. The molecule has 3 aromatic rings. The molecule has 222 valence electrons. The summed E-state index contributed by atoms with van der Waals surface area (Å²) in [7, 11) is 3.17. The van der Waals surface area contributed by atoms with E-state index in [0.29, 0.717) is 37.4 Å². The molecule has 1 saturated heterocycles. The molecule has 9 heteroatoms. The Morgan fingerprint density at radius 2 is 1.83 bits per heavy atom. The number of nitrogens with zero attached hydrogens (tertiary/aromatic N) is 1. The number of carbonyl (C=O) groups excluding carboxylic acids is 3. The molecule has 3 aromatic carbocycles. The number of methoxy groups -OCH3 is 1. The molecule has 0 bridgehead atoms. The van der Waals surface area contributed by atoms with E-state index in [-0.39, 0.29) is 30.2 Å². The van der Waals surface area contributed by atoms with Crippen molar-refractivity contribution in [1.29, 1.82) is 0 Å². The summed E-state index contributed by atoms with van der Waals surface area (Å²) in [6, 6.07) is 21.5. The summed E-state index contributed by atoms with van der Waals surface area (Å²) in [5.74, 6) is 1.00. The van der Waals surface area contributed by atoms with Gasteiger partial charge in [0.1, 0.15) is 17.5 Å². The third-order valence-corrected chi connectivity index (χ3v) is 7.48. The van der Waals surface area contributed by atoms with Gasteiger partial charge in [-0.15, -0.1) is 0 Å². The topological polar surface area (TPSA) is 109 Å². The Kier molecular flexibility index (Phi) is 10.9. The number of rotatable bonds is 12. The molecule has 1 fully saturated rings. The molecule has 1 unspecified atom stereocenters. The summed E-state index contributed by atoms with van der Waals surface area (Å²) in [6.45, 7) is 4.48. The van der Waals surface area contributed by atoms with Crippen LogP contribution < -0.4 is 25.4 Å². The number of amides is 3. The molecule has 0 spiro atoms. The summed E-state index contributed by atoms with van der Waals surface area (Å²) in [6.07, 6.45) is 1.81. The maximum Gasteiger partial charge on any atom is 0.252 e. The molecular formula is C33H40N4O5. The van der Waals surface area contributed by atoms with Gasteiger partial charge in [0.05, 0.1) is 20.3 Å². The average molecular weight is 573 g/mol. The van der Waals surface area contributed by atoms with Gasteiger partial charge < -0.3 is 30.3 Å². The Balaban J connectivity index is 1.36. The molecule has 0 aromatic heterocycles. The van der Waals surface area contributed by atoms with Crippen molar-refractivity contribution in [3.8, 4) is 11.5 Å². The van der Waals surface area contributed by atoms with Crippen molar-refractivity contribution >= 4 is 17.7 Å². The van der Waals surface area contributed by atoms with Crippen molar-refractivity contribution in [2.75, 3.05) is 40.4 Å². The highest BCUT2D eigenvalue weighted by Crippen LogP contribution is 2.28. The van der Waals surface area contributed by atoms with Crippen LogP contribution in [0.15, 0.2) is 72.8 Å². The zero-order chi connectivity index (χ0) is 29.9. The van der Waals surface area contributed by atoms with Crippen LogP contribution in [0.2, 0.25) is 0 Å². The highest BCUT2D eigenvalue weighted by molar-refractivity contribution is 5.98. The fourth-order valence-corrected chi connectivity index (χ4v) is 5.23. The Morgan fingerprint density at radius 1 is 1.02 bits per heavy atom. The molecule has 0 radical (unpaired) electrons. The van der Waals surface area contributed by atoms with Crippen LogP contribution in [-0.4, -0.2) is 63.0 Å². The lowest BCUT2D eigenvalue weighted by Gasteiger charge is -2.33. The smallest absolute Gasteiger partial charge is 0.252 e. The molecule has 1 heterocycles. The van der Waals surface area contributed by atoms with Crippen molar-refractivity contribution in [1.82, 2.24) is 20.9 Å². The third kappa shape index (κ3) is 7.88. The van der Waals surface area contributed by atoms with Gasteiger partial charge in [-0.2, -0.15) is 0 Å². The van der Waals surface area contributed by atoms with E-state index in [2.05, 4.69) is 16.0 Å². The lowest BCUT2D eigenvalue weighted by atomic mass is 9.89. The third-order valence-electron chi connectivity index (χ3n) is 7.48. The van der Waals surface area contributed by atoms with E-state index in [1.165, 1.54) is 0 Å². The molecule has 3 N–H and O–H groups in total. The van der Waals surface area contributed by atoms with Crippen LogP contribution in [-0.2, 0) is 16.1 Å². The van der Waals surface area contributed by atoms with E-state index in [9.17, 15) is 14.4 Å². The molecule has 0 aliphatic carbocycles. The number of ether oxygens (including phenoxy) is 2. The molecule has 1 aliphatic heterocycles. The fourth-order valence-electron chi connectivity index (χ4n) is 5.23. The number of benzene rings is 3. The Morgan fingerprint density at radius 3 is 2.57 bits per heavy atom. The largest absolute Gasteiger partial charge is 0.497 e. The zero-order valence-corrected chi connectivity index (χ0v) is 24.5. The van der Waals surface area contributed by atoms with Crippen molar-refractivity contribution in [3.05, 3.63) is 95.1 Å². The van der Waals surface area contributed by atoms with E-state index in [0.717, 1.165) is 35.5 Å². The van der Waals surface area contributed by atoms with Crippen molar-refractivity contribution < 1.29 is 23.9 Å². The first kappa shape index (κ1) is 30.6. The number of carbonyl (C=O) groups is 3. The molecule has 42 heavy (non-hydrogen) atoms. The van der Waals surface area contributed by atoms with E-state index in [4.69, 9.17) is 9.47 Å². The maximum absolute atomic E-state index is 13.2. The number of hydrogen-bond donors (Lipinski definition) is 3. The summed E-state index contributed by atoms with van der Waals surface area (Å²) >= 11 is 0. The zero-order valence-electron chi connectivity index (χ0n) is 24.5. The normalized spacial score (nSPS) is 15.4. The highest BCUT2D eigenvalue weighted by Gasteiger charge is 2.26. The maximum atomic E-state index is 13.2. The monoisotopic (exact) mass is 572 g/mol. The Labute approximate surface area is 247 Å². The van der Waals surface area contributed by atoms with Crippen LogP contribution >= 0.6 is 0 Å². The van der Waals surface area contributed by atoms with E-state index >= 15 is 0 Å². The Bertz CT molecular complexity index is 1360. The minimum absolute atomic E-state index is 0.0383. The van der Waals surface area contributed by atoms with Gasteiger partial charge in [-0.1, -0.05) is 48.5 Å². The SMILES string of the molecule is CCOc1cc(OC)ccc1CNCC(=O)N1CCCC(c2cccc(C(=O)N[C@H](C(=O)NC)c3ccccc3)c2)C1. The molecule has 3 amide bonds. The first-order chi connectivity index (χ1) is 20.4. The summed E-state index contributed by atoms with van der Waals surface area (Å²) < 4.78 is 11.0. The highest BCUT2D eigenvalue weighted by atomic mass is 16.5. The predicted octanol–water partition coefficient (Wildman–Crippen LogP) is 3.81. The summed E-state index contributed by atoms with van der Waals surface area (Å²) in [4.78, 5) is 40.8. The second-order valence-electron chi connectivity index (χ2n) is 10.2. The number of nitrogens with one attached hydrogen (secondary N) is 3. The second kappa shape index (κ2) is 15.0. The summed E-state index contributed by atoms with van der Waals surface area (Å²) in [5.41, 5.74) is 3.15. The van der Waals surface area contributed by atoms with Gasteiger partial charge in [0.15, 0.2) is 0 Å². The lowest BCUT2D eigenvalue weighted by molar-refractivity contribution is -0.131. The quantitative estimate of drug-likeness (QED) is 0.305. The molecular weight excluding hydrogens is 532 g/mol. The molecule has 4 rings (SSSR count). The van der Waals surface area contributed by atoms with Gasteiger partial charge >= 0.3 is 0 Å². The van der Waals surface area contributed by atoms with Gasteiger partial charge in [0.25, 0.3) is 5.91 Å². The van der Waals surface area contributed by atoms with E-state index in [1.807, 2.05) is 78.6 Å². The molecule has 2 atom stereocenters. The van der Waals surface area contributed by atoms with Crippen LogP contribution in [0.4, 0.5) is 0 Å². The van der Waals surface area contributed by atoms with Crippen LogP contribution in [0.3, 0.4) is 0 Å². The van der Waals surface area contributed by atoms with Crippen LogP contribution in [0, 0.1) is 0 Å². The number of piperidine rings is 1. The minimum Gasteiger partial charge on any atom is -0.497 e. The van der Waals surface area contributed by atoms with Crippen LogP contribution in [0.1, 0.15) is 58.8 Å². The van der Waals surface area contributed by atoms with Crippen molar-refractivity contribution in [2.45, 2.75) is 38.3 Å². The minimum atomic E-state index is -0.801. The van der Waals surface area contributed by atoms with Gasteiger partial charge in [-0.05, 0) is 49.1 Å². The number of hydrogen-bond acceptors (Lipinski definition) is 6. The van der Waals surface area contributed by atoms with Crippen molar-refractivity contribution in [2.24, 2.45) is 0 Å². The van der Waals surface area contributed by atoms with E-state index < -0.39 is 6.04 Å². The number of likely N-dealkylation sites (N-methyl/N-ethyl adjacent to an activating group) is 1. The second-order valence-corrected chi connectivity index (χ2v) is 10.2. The lowest BCUT2D eigenvalue weighted by Crippen LogP contribution is -2.43. The van der Waals surface area contributed by atoms with E-state index in [1.54, 1.807) is 20.2 Å². The first-order valence-electron chi connectivity index (χ1n) is 14.4. The average Bonchev–Trinajstić information content (AvgIpc) is 3.04.